The minimum Gasteiger partial charge on any atom is -0.508 e. The van der Waals surface area contributed by atoms with Crippen molar-refractivity contribution < 1.29 is 104 Å². The maximum atomic E-state index is 13.6. The van der Waals surface area contributed by atoms with Crippen molar-refractivity contribution in [3.63, 3.8) is 0 Å². The van der Waals surface area contributed by atoms with Crippen molar-refractivity contribution in [1.82, 2.24) is 0 Å². The van der Waals surface area contributed by atoms with Crippen molar-refractivity contribution in [3.8, 4) is 34.3 Å². The van der Waals surface area contributed by atoms with Crippen LogP contribution in [0, 0.1) is 0 Å². The Balaban J connectivity index is 1.12. The molecule has 0 saturated carbocycles. The molecule has 13 N–H and O–H groups in total. The molecule has 22 heteroatoms. The van der Waals surface area contributed by atoms with Crippen molar-refractivity contribution in [1.29, 1.82) is 0 Å². The van der Waals surface area contributed by atoms with E-state index in [2.05, 4.69) is 0 Å². The molecule has 0 bridgehead atoms. The van der Waals surface area contributed by atoms with Crippen LogP contribution in [0.2, 0.25) is 0 Å². The fraction of sp³-hybridized carbons (Fsp3) is 0.429. The first-order chi connectivity index (χ1) is 30.5. The third-order valence-corrected chi connectivity index (χ3v) is 11.1. The Morgan fingerprint density at radius 1 is 0.672 bits per heavy atom. The van der Waals surface area contributed by atoms with E-state index in [9.17, 15) is 76.0 Å². The van der Waals surface area contributed by atoms with Gasteiger partial charge < -0.3 is 99.2 Å². The molecule has 3 aliphatic rings. The predicted octanol–water partition coefficient (Wildman–Crippen LogP) is -2.64. The number of aliphatic hydroxyl groups excluding tert-OH is 10. The number of phenols is 3. The van der Waals surface area contributed by atoms with Gasteiger partial charge in [0.2, 0.25) is 6.29 Å². The Hall–Kier alpha value is -5.28. The van der Waals surface area contributed by atoms with Gasteiger partial charge in [-0.1, -0.05) is 12.1 Å². The van der Waals surface area contributed by atoms with Gasteiger partial charge in [0.15, 0.2) is 11.7 Å². The van der Waals surface area contributed by atoms with Crippen molar-refractivity contribution in [2.45, 2.75) is 91.9 Å². The van der Waals surface area contributed by atoms with Crippen molar-refractivity contribution in [3.05, 3.63) is 88.1 Å². The molecule has 22 nitrogen and oxygen atoms in total. The average molecular weight is 903 g/mol. The largest absolute Gasteiger partial charge is 0.508 e. The van der Waals surface area contributed by atoms with Gasteiger partial charge in [0.1, 0.15) is 126 Å². The average Bonchev–Trinajstić information content (AvgIpc) is 3.28. The topological polar surface area (TPSA) is 366 Å². The maximum Gasteiger partial charge on any atom is 0.330 e. The molecule has 4 aromatic rings. The third kappa shape index (κ3) is 9.42. The Bertz CT molecular complexity index is 2330. The molecule has 3 fully saturated rings. The number of rotatable bonds is 12. The molecule has 3 saturated heterocycles. The number of ether oxygens (including phenoxy) is 6. The van der Waals surface area contributed by atoms with E-state index in [0.717, 1.165) is 18.2 Å². The third-order valence-electron chi connectivity index (χ3n) is 11.1. The number of hydrogen-bond acceptors (Lipinski definition) is 22. The second-order valence-corrected chi connectivity index (χ2v) is 15.3. The van der Waals surface area contributed by atoms with E-state index in [1.807, 2.05) is 0 Å². The molecule has 0 spiro atoms. The van der Waals surface area contributed by atoms with E-state index in [1.54, 1.807) is 0 Å². The van der Waals surface area contributed by atoms with Crippen LogP contribution in [0.4, 0.5) is 0 Å². The quantitative estimate of drug-likeness (QED) is 0.0510. The lowest BCUT2D eigenvalue weighted by Crippen LogP contribution is -2.63. The highest BCUT2D eigenvalue weighted by atomic mass is 16.7. The Kier molecular flexibility index (Phi) is 14.2. The van der Waals surface area contributed by atoms with Crippen LogP contribution in [0.15, 0.2) is 76.0 Å². The van der Waals surface area contributed by atoms with Crippen molar-refractivity contribution >= 4 is 23.0 Å². The van der Waals surface area contributed by atoms with Gasteiger partial charge in [-0.2, -0.15) is 0 Å². The summed E-state index contributed by atoms with van der Waals surface area (Å²) in [4.78, 5) is 26.1. The van der Waals surface area contributed by atoms with Crippen molar-refractivity contribution in [2.24, 2.45) is 0 Å². The van der Waals surface area contributed by atoms with Crippen LogP contribution in [-0.2, 0) is 28.5 Å². The summed E-state index contributed by atoms with van der Waals surface area (Å²) in [7, 11) is 0. The number of esters is 1. The molecule has 6 unspecified atom stereocenters. The highest BCUT2D eigenvalue weighted by Gasteiger charge is 2.52. The van der Waals surface area contributed by atoms with Gasteiger partial charge in [0.25, 0.3) is 0 Å². The van der Waals surface area contributed by atoms with E-state index in [-0.39, 0.29) is 28.4 Å². The SMILES string of the molecule is O=C(/C=C/c1ccc(O)cc1)OCC1O[C@@H](OC2[C@@H](O)[C@H](O)C(CO)O[C@H]2c2c(O)cc3oc(-c4ccc(O[C@@H]5OC(CO)[C@@H](O)[C@H](O)C5O)cc4)cc(=O)c3c2O)C(O)[C@@H](O)[C@@H]1O. The number of carbonyl (C=O) groups is 1. The van der Waals surface area contributed by atoms with Gasteiger partial charge in [-0.05, 0) is 48.0 Å². The van der Waals surface area contributed by atoms with Gasteiger partial charge in [-0.15, -0.1) is 0 Å². The summed E-state index contributed by atoms with van der Waals surface area (Å²) >= 11 is 0. The van der Waals surface area contributed by atoms with Crippen LogP contribution in [0.1, 0.15) is 17.2 Å². The number of fused-ring (bicyclic) bond motifs is 1. The zero-order valence-electron chi connectivity index (χ0n) is 33.2. The molecule has 4 heterocycles. The van der Waals surface area contributed by atoms with Crippen LogP contribution >= 0.6 is 0 Å². The highest BCUT2D eigenvalue weighted by molar-refractivity contribution is 5.88. The Morgan fingerprint density at radius 3 is 1.92 bits per heavy atom. The molecule has 0 radical (unpaired) electrons. The number of aromatic hydroxyl groups is 3. The second kappa shape index (κ2) is 19.4. The van der Waals surface area contributed by atoms with E-state index in [0.29, 0.717) is 5.56 Å². The van der Waals surface area contributed by atoms with Crippen LogP contribution in [-0.4, -0.2) is 178 Å². The fourth-order valence-corrected chi connectivity index (χ4v) is 7.48. The predicted molar refractivity (Wildman–Crippen MR) is 212 cm³/mol. The summed E-state index contributed by atoms with van der Waals surface area (Å²) in [6, 6.07) is 13.4. The number of benzene rings is 3. The first-order valence-corrected chi connectivity index (χ1v) is 19.7. The summed E-state index contributed by atoms with van der Waals surface area (Å²) in [5.41, 5.74) is -1.01. The molecule has 3 aromatic carbocycles. The fourth-order valence-electron chi connectivity index (χ4n) is 7.48. The first kappa shape index (κ1) is 46.7. The zero-order chi connectivity index (χ0) is 46.1. The first-order valence-electron chi connectivity index (χ1n) is 19.7. The lowest BCUT2D eigenvalue weighted by Gasteiger charge is -2.46. The molecular formula is C42H46O22. The van der Waals surface area contributed by atoms with Gasteiger partial charge >= 0.3 is 5.97 Å². The second-order valence-electron chi connectivity index (χ2n) is 15.3. The van der Waals surface area contributed by atoms with E-state index >= 15 is 0 Å². The lowest BCUT2D eigenvalue weighted by atomic mass is 9.89. The Labute approximate surface area is 360 Å². The van der Waals surface area contributed by atoms with Gasteiger partial charge in [0, 0.05) is 23.8 Å². The van der Waals surface area contributed by atoms with Crippen LogP contribution < -0.4 is 10.2 Å². The molecule has 64 heavy (non-hydrogen) atoms. The minimum absolute atomic E-state index is 0.00472. The monoisotopic (exact) mass is 902 g/mol. The van der Waals surface area contributed by atoms with Gasteiger partial charge in [-0.25, -0.2) is 4.79 Å². The molecule has 346 valence electrons. The minimum atomic E-state index is -2.06. The molecule has 15 atom stereocenters. The summed E-state index contributed by atoms with van der Waals surface area (Å²) in [5, 5.41) is 136. The molecule has 1 aromatic heterocycles. The van der Waals surface area contributed by atoms with Crippen LogP contribution in [0.25, 0.3) is 28.4 Å². The summed E-state index contributed by atoms with van der Waals surface area (Å²) < 4.78 is 39.3. The molecule has 3 aliphatic heterocycles. The number of hydrogen-bond donors (Lipinski definition) is 13. The zero-order valence-corrected chi connectivity index (χ0v) is 33.2. The molecular weight excluding hydrogens is 856 g/mol. The van der Waals surface area contributed by atoms with E-state index in [4.69, 9.17) is 32.8 Å². The highest BCUT2D eigenvalue weighted by Crippen LogP contribution is 2.46. The van der Waals surface area contributed by atoms with Crippen molar-refractivity contribution in [2.75, 3.05) is 19.8 Å². The number of phenolic OH excluding ortho intramolecular Hbond substituents is 3. The number of carbonyl (C=O) groups excluding carboxylic acids is 1. The van der Waals surface area contributed by atoms with Crippen LogP contribution in [0.5, 0.6) is 23.0 Å². The summed E-state index contributed by atoms with van der Waals surface area (Å²) in [5.74, 6) is -2.63. The Morgan fingerprint density at radius 2 is 1.27 bits per heavy atom. The van der Waals surface area contributed by atoms with E-state index < -0.39 is 146 Å². The standard InChI is InChI=1S/C42H46O22/c43-13-24-31(50)36(55)40(64-42-38(57)35(54)32(51)26(63-42)15-58-27(48)10-3-16-1-6-18(45)7-2-16)39(61-24)29-21(47)12-23-28(33(29)52)20(46)11-22(60-23)17-4-8-19(9-5-17)59-41-37(56)34(53)30(49)25(14-44)62-41/h1-12,24-26,30-32,34-45,47,49-57H,13-15H2/b10-3+/t24?,25?,26?,30-,31-,32-,34+,35+,36+,37?,38?,39+,40?,41-,42+/m1/s1. The summed E-state index contributed by atoms with van der Waals surface area (Å²) in [6.45, 7) is -2.28. The molecule has 0 amide bonds. The van der Waals surface area contributed by atoms with Gasteiger partial charge in [0.05, 0.1) is 18.8 Å². The molecule has 7 rings (SSSR count). The van der Waals surface area contributed by atoms with Gasteiger partial charge in [-0.3, -0.25) is 4.79 Å². The molecule has 0 aliphatic carbocycles. The normalized spacial score (nSPS) is 33.3. The van der Waals surface area contributed by atoms with E-state index in [1.165, 1.54) is 54.6 Å². The number of aliphatic hydroxyl groups is 10. The lowest BCUT2D eigenvalue weighted by molar-refractivity contribution is -0.342. The smallest absolute Gasteiger partial charge is 0.330 e. The summed E-state index contributed by atoms with van der Waals surface area (Å²) in [6.07, 6.45) is -24.0. The maximum absolute atomic E-state index is 13.6. The van der Waals surface area contributed by atoms with Crippen LogP contribution in [0.3, 0.4) is 0 Å².